The maximum Gasteiger partial charge on any atom is 0.302 e. The van der Waals surface area contributed by atoms with Crippen LogP contribution in [-0.2, 0) is 0 Å². The summed E-state index contributed by atoms with van der Waals surface area (Å²) in [6.07, 6.45) is 2.11. The minimum Gasteiger partial charge on any atom is -0.396 e. The van der Waals surface area contributed by atoms with Gasteiger partial charge in [-0.05, 0) is 22.4 Å². The summed E-state index contributed by atoms with van der Waals surface area (Å²) in [6.45, 7) is 1.97. The lowest BCUT2D eigenvalue weighted by Crippen LogP contribution is -2.02. The van der Waals surface area contributed by atoms with E-state index in [2.05, 4.69) is 20.9 Å². The Morgan fingerprint density at radius 2 is 2.44 bits per heavy atom. The Labute approximate surface area is 106 Å². The molecule has 1 heterocycles. The summed E-state index contributed by atoms with van der Waals surface area (Å²) in [5.41, 5.74) is -0.0100. The molecule has 1 atom stereocenters. The van der Waals surface area contributed by atoms with Gasteiger partial charge in [0.05, 0.1) is 4.92 Å². The molecule has 0 aliphatic rings. The molecule has 7 heteroatoms. The molecule has 5 nitrogen and oxygen atoms in total. The highest BCUT2D eigenvalue weighted by Crippen LogP contribution is 2.32. The highest BCUT2D eigenvalue weighted by Gasteiger charge is 2.18. The third kappa shape index (κ3) is 3.73. The van der Waals surface area contributed by atoms with Crippen LogP contribution in [0.4, 0.5) is 5.69 Å². The number of aliphatic hydroxyl groups excluding tert-OH is 1. The normalized spacial score (nSPS) is 12.4. The van der Waals surface area contributed by atoms with E-state index in [9.17, 15) is 10.1 Å². The fourth-order valence-corrected chi connectivity index (χ4v) is 2.36. The molecule has 0 aliphatic heterocycles. The fraction of sp³-hybridized carbons (Fsp3) is 0.444. The number of thioether (sulfide) groups is 1. The van der Waals surface area contributed by atoms with Crippen molar-refractivity contribution in [3.05, 3.63) is 26.9 Å². The van der Waals surface area contributed by atoms with Gasteiger partial charge in [-0.3, -0.25) is 10.1 Å². The van der Waals surface area contributed by atoms with Crippen LogP contribution in [0.15, 0.2) is 21.8 Å². The number of nitrogens with zero attached hydrogens (tertiary/aromatic N) is 2. The van der Waals surface area contributed by atoms with Crippen molar-refractivity contribution in [3.8, 4) is 0 Å². The summed E-state index contributed by atoms with van der Waals surface area (Å²) in [7, 11) is 0. The number of halogens is 1. The molecule has 1 rings (SSSR count). The first-order valence-corrected chi connectivity index (χ1v) is 6.29. The van der Waals surface area contributed by atoms with E-state index < -0.39 is 4.92 Å². The van der Waals surface area contributed by atoms with Crippen LogP contribution >= 0.6 is 27.7 Å². The van der Waals surface area contributed by atoms with Gasteiger partial charge < -0.3 is 5.11 Å². The zero-order chi connectivity index (χ0) is 12.1. The molecule has 88 valence electrons. The lowest BCUT2D eigenvalue weighted by atomic mass is 10.3. The Bertz CT molecular complexity index is 389. The SMILES string of the molecule is CC(CCO)Sc1ncc(Br)cc1[N+](=O)[O-]. The molecular formula is C9H11BrN2O3S. The standard InChI is InChI=1S/C9H11BrN2O3S/c1-6(2-3-13)16-9-8(12(14)15)4-7(10)5-11-9/h4-6,13H,2-3H2,1H3. The van der Waals surface area contributed by atoms with Gasteiger partial charge >= 0.3 is 5.69 Å². The summed E-state index contributed by atoms with van der Waals surface area (Å²) in [6, 6.07) is 1.43. The molecule has 1 unspecified atom stereocenters. The number of hydrogen-bond donors (Lipinski definition) is 1. The first kappa shape index (κ1) is 13.4. The van der Waals surface area contributed by atoms with Crippen molar-refractivity contribution in [2.75, 3.05) is 6.61 Å². The van der Waals surface area contributed by atoms with Crippen LogP contribution in [0.1, 0.15) is 13.3 Å². The van der Waals surface area contributed by atoms with E-state index in [1.54, 1.807) is 0 Å². The van der Waals surface area contributed by atoms with Crippen molar-refractivity contribution < 1.29 is 10.0 Å². The highest BCUT2D eigenvalue weighted by atomic mass is 79.9. The summed E-state index contributed by atoms with van der Waals surface area (Å²) in [4.78, 5) is 14.4. The lowest BCUT2D eigenvalue weighted by molar-refractivity contribution is -0.388. The summed E-state index contributed by atoms with van der Waals surface area (Å²) in [5.74, 6) is 0. The maximum absolute atomic E-state index is 10.8. The van der Waals surface area contributed by atoms with Crippen molar-refractivity contribution in [3.63, 3.8) is 0 Å². The largest absolute Gasteiger partial charge is 0.396 e. The molecule has 0 aromatic carbocycles. The monoisotopic (exact) mass is 306 g/mol. The Morgan fingerprint density at radius 1 is 1.75 bits per heavy atom. The van der Waals surface area contributed by atoms with Crippen molar-refractivity contribution in [1.82, 2.24) is 4.98 Å². The molecule has 0 aliphatic carbocycles. The van der Waals surface area contributed by atoms with Crippen LogP contribution in [0.2, 0.25) is 0 Å². The second kappa shape index (κ2) is 6.17. The molecule has 1 aromatic heterocycles. The van der Waals surface area contributed by atoms with Gasteiger partial charge in [0.1, 0.15) is 0 Å². The molecule has 0 bridgehead atoms. The quantitative estimate of drug-likeness (QED) is 0.514. The van der Waals surface area contributed by atoms with Gasteiger partial charge in [0, 0.05) is 28.6 Å². The number of hydrogen-bond acceptors (Lipinski definition) is 5. The predicted octanol–water partition coefficient (Wildman–Crippen LogP) is 2.62. The molecule has 0 saturated carbocycles. The molecule has 0 radical (unpaired) electrons. The minimum absolute atomic E-state index is 0.0100. The van der Waals surface area contributed by atoms with Gasteiger partial charge in [0.25, 0.3) is 0 Å². The highest BCUT2D eigenvalue weighted by molar-refractivity contribution is 9.10. The summed E-state index contributed by atoms with van der Waals surface area (Å²) < 4.78 is 0.582. The molecule has 0 saturated heterocycles. The topological polar surface area (TPSA) is 76.3 Å². The summed E-state index contributed by atoms with van der Waals surface area (Å²) >= 11 is 4.44. The van der Waals surface area contributed by atoms with Gasteiger partial charge in [-0.15, -0.1) is 0 Å². The molecular weight excluding hydrogens is 296 g/mol. The number of aromatic nitrogens is 1. The van der Waals surface area contributed by atoms with Crippen LogP contribution in [0.5, 0.6) is 0 Å². The Kier molecular flexibility index (Phi) is 5.17. The summed E-state index contributed by atoms with van der Waals surface area (Å²) in [5, 5.41) is 20.0. The predicted molar refractivity (Wildman–Crippen MR) is 65.6 cm³/mol. The number of aliphatic hydroxyl groups is 1. The second-order valence-electron chi connectivity index (χ2n) is 3.18. The Balaban J connectivity index is 2.90. The van der Waals surface area contributed by atoms with Gasteiger partial charge in [-0.1, -0.05) is 18.7 Å². The van der Waals surface area contributed by atoms with Crippen molar-refractivity contribution >= 4 is 33.4 Å². The zero-order valence-corrected chi connectivity index (χ0v) is 11.0. The number of rotatable bonds is 5. The smallest absolute Gasteiger partial charge is 0.302 e. The molecule has 0 spiro atoms. The van der Waals surface area contributed by atoms with Crippen LogP contribution in [0, 0.1) is 10.1 Å². The first-order chi connectivity index (χ1) is 7.54. The number of nitro groups is 1. The van der Waals surface area contributed by atoms with E-state index in [0.717, 1.165) is 0 Å². The van der Waals surface area contributed by atoms with Gasteiger partial charge in [-0.2, -0.15) is 0 Å². The maximum atomic E-state index is 10.8. The Morgan fingerprint density at radius 3 is 3.00 bits per heavy atom. The Hall–Kier alpha value is -0.660. The van der Waals surface area contributed by atoms with Crippen molar-refractivity contribution in [2.45, 2.75) is 23.6 Å². The third-order valence-corrected chi connectivity index (χ3v) is 3.45. The second-order valence-corrected chi connectivity index (χ2v) is 5.52. The van der Waals surface area contributed by atoms with Crippen molar-refractivity contribution in [1.29, 1.82) is 0 Å². The van der Waals surface area contributed by atoms with Crippen LogP contribution in [-0.4, -0.2) is 26.9 Å². The van der Waals surface area contributed by atoms with E-state index in [0.29, 0.717) is 15.9 Å². The van der Waals surface area contributed by atoms with E-state index in [-0.39, 0.29) is 17.5 Å². The zero-order valence-electron chi connectivity index (χ0n) is 8.59. The third-order valence-electron chi connectivity index (χ3n) is 1.84. The number of pyridine rings is 1. The fourth-order valence-electron chi connectivity index (χ4n) is 1.07. The molecule has 16 heavy (non-hydrogen) atoms. The van der Waals surface area contributed by atoms with Gasteiger partial charge in [0.2, 0.25) is 0 Å². The van der Waals surface area contributed by atoms with E-state index in [1.165, 1.54) is 24.0 Å². The minimum atomic E-state index is -0.453. The molecule has 0 fully saturated rings. The average Bonchev–Trinajstić information content (AvgIpc) is 2.20. The van der Waals surface area contributed by atoms with Crippen LogP contribution in [0.25, 0.3) is 0 Å². The van der Waals surface area contributed by atoms with E-state index in [4.69, 9.17) is 5.11 Å². The van der Waals surface area contributed by atoms with Gasteiger partial charge in [-0.25, -0.2) is 4.98 Å². The van der Waals surface area contributed by atoms with E-state index in [1.807, 2.05) is 6.92 Å². The van der Waals surface area contributed by atoms with E-state index >= 15 is 0 Å². The average molecular weight is 307 g/mol. The van der Waals surface area contributed by atoms with Crippen LogP contribution < -0.4 is 0 Å². The van der Waals surface area contributed by atoms with Crippen molar-refractivity contribution in [2.24, 2.45) is 0 Å². The van der Waals surface area contributed by atoms with Gasteiger partial charge in [0.15, 0.2) is 5.03 Å². The molecule has 1 N–H and O–H groups in total. The lowest BCUT2D eigenvalue weighted by Gasteiger charge is -2.08. The molecule has 1 aromatic rings. The molecule has 0 amide bonds. The first-order valence-electron chi connectivity index (χ1n) is 4.62. The van der Waals surface area contributed by atoms with Crippen LogP contribution in [0.3, 0.4) is 0 Å².